The molecule has 0 aromatic carbocycles. The van der Waals surface area contributed by atoms with Crippen LogP contribution in [0, 0.1) is 17.3 Å². The molecule has 1 heterocycles. The Morgan fingerprint density at radius 1 is 1.29 bits per heavy atom. The first-order valence-corrected chi connectivity index (χ1v) is 8.73. The van der Waals surface area contributed by atoms with Crippen molar-refractivity contribution in [3.63, 3.8) is 0 Å². The SMILES string of the molecule is CC(C)C1CNCCC12CCCC2S(C)(=O)=O. The van der Waals surface area contributed by atoms with E-state index in [4.69, 9.17) is 0 Å². The highest BCUT2D eigenvalue weighted by molar-refractivity contribution is 7.91. The highest BCUT2D eigenvalue weighted by Gasteiger charge is 2.53. The molecule has 1 N–H and O–H groups in total. The molecule has 2 rings (SSSR count). The number of rotatable bonds is 2. The fourth-order valence-corrected chi connectivity index (χ4v) is 6.14. The number of hydrogen-bond acceptors (Lipinski definition) is 3. The lowest BCUT2D eigenvalue weighted by Crippen LogP contribution is -2.52. The van der Waals surface area contributed by atoms with Gasteiger partial charge in [-0.3, -0.25) is 0 Å². The predicted octanol–water partition coefficient (Wildman–Crippen LogP) is 1.84. The lowest BCUT2D eigenvalue weighted by atomic mass is 9.65. The van der Waals surface area contributed by atoms with Gasteiger partial charge in [0, 0.05) is 6.26 Å². The van der Waals surface area contributed by atoms with Gasteiger partial charge >= 0.3 is 0 Å². The van der Waals surface area contributed by atoms with Crippen molar-refractivity contribution in [1.82, 2.24) is 5.32 Å². The third-order valence-electron chi connectivity index (χ3n) is 4.94. The molecule has 2 fully saturated rings. The number of piperidine rings is 1. The topological polar surface area (TPSA) is 46.2 Å². The molecule has 1 aliphatic carbocycles. The van der Waals surface area contributed by atoms with Crippen LogP contribution >= 0.6 is 0 Å². The molecule has 0 amide bonds. The molecule has 2 aliphatic rings. The van der Waals surface area contributed by atoms with Crippen LogP contribution in [0.3, 0.4) is 0 Å². The maximum atomic E-state index is 12.1. The molecule has 4 heteroatoms. The molecule has 1 spiro atoms. The van der Waals surface area contributed by atoms with Crippen LogP contribution in [-0.4, -0.2) is 33.0 Å². The Labute approximate surface area is 105 Å². The van der Waals surface area contributed by atoms with Crippen LogP contribution in [0.2, 0.25) is 0 Å². The van der Waals surface area contributed by atoms with Crippen LogP contribution in [0.4, 0.5) is 0 Å². The fraction of sp³-hybridized carbons (Fsp3) is 1.00. The lowest BCUT2D eigenvalue weighted by Gasteiger charge is -2.47. The van der Waals surface area contributed by atoms with Gasteiger partial charge in [0.15, 0.2) is 9.84 Å². The smallest absolute Gasteiger partial charge is 0.150 e. The molecule has 1 saturated carbocycles. The highest BCUT2D eigenvalue weighted by Crippen LogP contribution is 2.53. The zero-order valence-corrected chi connectivity index (χ0v) is 12.0. The highest BCUT2D eigenvalue weighted by atomic mass is 32.2. The minimum absolute atomic E-state index is 0.0625. The fourth-order valence-electron chi connectivity index (χ4n) is 4.28. The summed E-state index contributed by atoms with van der Waals surface area (Å²) in [5.74, 6) is 1.07. The summed E-state index contributed by atoms with van der Waals surface area (Å²) in [5.41, 5.74) is 0.0625. The van der Waals surface area contributed by atoms with Crippen LogP contribution in [0.1, 0.15) is 39.5 Å². The first kappa shape index (κ1) is 13.3. The number of nitrogens with one attached hydrogen (secondary N) is 1. The van der Waals surface area contributed by atoms with Crippen molar-refractivity contribution in [2.75, 3.05) is 19.3 Å². The van der Waals surface area contributed by atoms with Gasteiger partial charge in [-0.05, 0) is 49.6 Å². The summed E-state index contributed by atoms with van der Waals surface area (Å²) in [5, 5.41) is 3.35. The summed E-state index contributed by atoms with van der Waals surface area (Å²) in [6, 6.07) is 0. The van der Waals surface area contributed by atoms with E-state index in [0.29, 0.717) is 11.8 Å². The van der Waals surface area contributed by atoms with Crippen LogP contribution < -0.4 is 5.32 Å². The summed E-state index contributed by atoms with van der Waals surface area (Å²) in [6.45, 7) is 6.44. The summed E-state index contributed by atoms with van der Waals surface area (Å²) < 4.78 is 24.1. The number of hydrogen-bond donors (Lipinski definition) is 1. The van der Waals surface area contributed by atoms with E-state index < -0.39 is 9.84 Å². The van der Waals surface area contributed by atoms with Gasteiger partial charge in [0.1, 0.15) is 0 Å². The van der Waals surface area contributed by atoms with Crippen molar-refractivity contribution in [3.05, 3.63) is 0 Å². The van der Waals surface area contributed by atoms with Gasteiger partial charge in [-0.25, -0.2) is 8.42 Å². The standard InChI is InChI=1S/C13H25NO2S/c1-10(2)11-9-14-8-7-13(11)6-4-5-12(13)17(3,15)16/h10-12,14H,4-9H2,1-3H3. The minimum atomic E-state index is -2.90. The Kier molecular flexibility index (Phi) is 3.56. The second-order valence-corrected chi connectivity index (χ2v) is 8.48. The van der Waals surface area contributed by atoms with E-state index in [1.54, 1.807) is 0 Å². The van der Waals surface area contributed by atoms with E-state index in [0.717, 1.165) is 38.8 Å². The molecule has 3 atom stereocenters. The maximum Gasteiger partial charge on any atom is 0.150 e. The molecular weight excluding hydrogens is 234 g/mol. The van der Waals surface area contributed by atoms with Crippen molar-refractivity contribution in [1.29, 1.82) is 0 Å². The van der Waals surface area contributed by atoms with Crippen molar-refractivity contribution < 1.29 is 8.42 Å². The van der Waals surface area contributed by atoms with Crippen molar-refractivity contribution in [3.8, 4) is 0 Å². The van der Waals surface area contributed by atoms with E-state index in [1.807, 2.05) is 0 Å². The first-order valence-electron chi connectivity index (χ1n) is 6.77. The van der Waals surface area contributed by atoms with E-state index in [-0.39, 0.29) is 10.7 Å². The summed E-state index contributed by atoms with van der Waals surface area (Å²) in [4.78, 5) is 0. The van der Waals surface area contributed by atoms with E-state index in [9.17, 15) is 8.42 Å². The van der Waals surface area contributed by atoms with Gasteiger partial charge in [0.2, 0.25) is 0 Å². The molecule has 3 nitrogen and oxygen atoms in total. The summed E-state index contributed by atoms with van der Waals surface area (Å²) in [7, 11) is -2.90. The number of sulfone groups is 1. The van der Waals surface area contributed by atoms with E-state index in [2.05, 4.69) is 19.2 Å². The average molecular weight is 259 g/mol. The molecule has 0 aromatic rings. The monoisotopic (exact) mass is 259 g/mol. The molecular formula is C13H25NO2S. The Morgan fingerprint density at radius 2 is 2.00 bits per heavy atom. The first-order chi connectivity index (χ1) is 7.88. The predicted molar refractivity (Wildman–Crippen MR) is 70.7 cm³/mol. The Bertz CT molecular complexity index is 377. The molecule has 3 unspecified atom stereocenters. The normalized spacial score (nSPS) is 39.1. The molecule has 0 bridgehead atoms. The molecule has 100 valence electrons. The molecule has 17 heavy (non-hydrogen) atoms. The molecule has 1 saturated heterocycles. The lowest BCUT2D eigenvalue weighted by molar-refractivity contribution is 0.0805. The molecule has 0 aromatic heterocycles. The van der Waals surface area contributed by atoms with Crippen LogP contribution in [0.25, 0.3) is 0 Å². The van der Waals surface area contributed by atoms with Gasteiger partial charge < -0.3 is 5.32 Å². The largest absolute Gasteiger partial charge is 0.316 e. The van der Waals surface area contributed by atoms with Crippen LogP contribution in [0.15, 0.2) is 0 Å². The third kappa shape index (κ3) is 2.26. The van der Waals surface area contributed by atoms with Gasteiger partial charge in [0.05, 0.1) is 5.25 Å². The van der Waals surface area contributed by atoms with Crippen molar-refractivity contribution in [2.45, 2.75) is 44.8 Å². The quantitative estimate of drug-likeness (QED) is 0.823. The third-order valence-corrected chi connectivity index (χ3v) is 6.68. The Balaban J connectivity index is 2.37. The second-order valence-electron chi connectivity index (χ2n) is 6.25. The average Bonchev–Trinajstić information content (AvgIpc) is 2.62. The minimum Gasteiger partial charge on any atom is -0.316 e. The van der Waals surface area contributed by atoms with Crippen LogP contribution in [0.5, 0.6) is 0 Å². The van der Waals surface area contributed by atoms with E-state index in [1.165, 1.54) is 6.26 Å². The zero-order chi connectivity index (χ0) is 12.7. The Morgan fingerprint density at radius 3 is 2.59 bits per heavy atom. The summed E-state index contributed by atoms with van der Waals surface area (Å²) in [6.07, 6.45) is 5.54. The second kappa shape index (κ2) is 4.54. The summed E-state index contributed by atoms with van der Waals surface area (Å²) >= 11 is 0. The maximum absolute atomic E-state index is 12.1. The van der Waals surface area contributed by atoms with Gasteiger partial charge in [-0.15, -0.1) is 0 Å². The van der Waals surface area contributed by atoms with Crippen molar-refractivity contribution >= 4 is 9.84 Å². The van der Waals surface area contributed by atoms with Gasteiger partial charge in [0.25, 0.3) is 0 Å². The molecule has 0 radical (unpaired) electrons. The molecule has 1 aliphatic heterocycles. The van der Waals surface area contributed by atoms with Crippen molar-refractivity contribution in [2.24, 2.45) is 17.3 Å². The van der Waals surface area contributed by atoms with Gasteiger partial charge in [-0.1, -0.05) is 20.3 Å². The Hall–Kier alpha value is -0.0900. The zero-order valence-electron chi connectivity index (χ0n) is 11.2. The van der Waals surface area contributed by atoms with Gasteiger partial charge in [-0.2, -0.15) is 0 Å². The van der Waals surface area contributed by atoms with Crippen LogP contribution in [-0.2, 0) is 9.84 Å². The van der Waals surface area contributed by atoms with E-state index >= 15 is 0 Å².